The molecule has 0 unspecified atom stereocenters. The molecule has 0 aromatic carbocycles. The highest BCUT2D eigenvalue weighted by Crippen LogP contribution is 2.34. The molecule has 1 aliphatic rings. The zero-order valence-electron chi connectivity index (χ0n) is 11.1. The van der Waals surface area contributed by atoms with E-state index < -0.39 is 0 Å². The number of nitrogens with one attached hydrogen (secondary N) is 1. The monoisotopic (exact) mass is 252 g/mol. The molecule has 0 saturated heterocycles. The van der Waals surface area contributed by atoms with Gasteiger partial charge in [-0.15, -0.1) is 0 Å². The van der Waals surface area contributed by atoms with Gasteiger partial charge in [0.15, 0.2) is 0 Å². The Hall–Kier alpha value is -1.56. The number of nitrogen functional groups attached to an aromatic ring is 1. The van der Waals surface area contributed by atoms with Gasteiger partial charge in [-0.3, -0.25) is 9.48 Å². The number of carbonyl (C=O) groups excluding carboxylic acids is 1. The summed E-state index contributed by atoms with van der Waals surface area (Å²) in [5.74, 6) is -0.195. The van der Waals surface area contributed by atoms with Gasteiger partial charge in [0.2, 0.25) is 0 Å². The van der Waals surface area contributed by atoms with Gasteiger partial charge in [-0.2, -0.15) is 5.10 Å². The van der Waals surface area contributed by atoms with Crippen molar-refractivity contribution in [2.75, 3.05) is 19.4 Å². The third kappa shape index (κ3) is 2.08. The standard InChI is InChI=1S/C12H20N4O2/c1-8-9(13)10(16(2)15-8)11(17)14-7-12(18-3)5-4-6-12/h4-7,13H2,1-3H3,(H,14,17). The molecule has 1 aromatic heterocycles. The van der Waals surface area contributed by atoms with Crippen LogP contribution in [0.2, 0.25) is 0 Å². The molecule has 0 radical (unpaired) electrons. The summed E-state index contributed by atoms with van der Waals surface area (Å²) in [6.07, 6.45) is 3.13. The number of nitrogens with zero attached hydrogens (tertiary/aromatic N) is 2. The predicted octanol–water partition coefficient (Wildman–Crippen LogP) is 0.610. The SMILES string of the molecule is COC1(CNC(=O)c2c(N)c(C)nn2C)CCC1. The van der Waals surface area contributed by atoms with Crippen molar-refractivity contribution in [2.24, 2.45) is 7.05 Å². The summed E-state index contributed by atoms with van der Waals surface area (Å²) < 4.78 is 6.97. The van der Waals surface area contributed by atoms with Crippen LogP contribution in [0.1, 0.15) is 35.4 Å². The zero-order valence-corrected chi connectivity index (χ0v) is 11.1. The van der Waals surface area contributed by atoms with Crippen LogP contribution in [0.5, 0.6) is 0 Å². The van der Waals surface area contributed by atoms with Gasteiger partial charge in [0.05, 0.1) is 17.0 Å². The van der Waals surface area contributed by atoms with E-state index in [4.69, 9.17) is 10.5 Å². The second-order valence-corrected chi connectivity index (χ2v) is 4.89. The van der Waals surface area contributed by atoms with Gasteiger partial charge in [0.25, 0.3) is 5.91 Å². The molecule has 0 atom stereocenters. The van der Waals surface area contributed by atoms with E-state index in [1.165, 1.54) is 4.68 Å². The summed E-state index contributed by atoms with van der Waals surface area (Å²) in [6.45, 7) is 2.31. The van der Waals surface area contributed by atoms with Gasteiger partial charge >= 0.3 is 0 Å². The molecule has 0 bridgehead atoms. The maximum Gasteiger partial charge on any atom is 0.271 e. The van der Waals surface area contributed by atoms with Crippen molar-refractivity contribution in [3.05, 3.63) is 11.4 Å². The first-order valence-corrected chi connectivity index (χ1v) is 6.11. The lowest BCUT2D eigenvalue weighted by molar-refractivity contribution is -0.0679. The largest absolute Gasteiger partial charge is 0.395 e. The number of anilines is 1. The van der Waals surface area contributed by atoms with Crippen molar-refractivity contribution in [3.8, 4) is 0 Å². The average molecular weight is 252 g/mol. The summed E-state index contributed by atoms with van der Waals surface area (Å²) in [5.41, 5.74) is 7.19. The number of aromatic nitrogens is 2. The topological polar surface area (TPSA) is 82.2 Å². The number of aryl methyl sites for hydroxylation is 2. The number of rotatable bonds is 4. The zero-order chi connectivity index (χ0) is 13.3. The van der Waals surface area contributed by atoms with Gasteiger partial charge in [-0.05, 0) is 26.2 Å². The fourth-order valence-corrected chi connectivity index (χ4v) is 2.29. The summed E-state index contributed by atoms with van der Waals surface area (Å²) in [5, 5.41) is 7.01. The molecule has 6 nitrogen and oxygen atoms in total. The van der Waals surface area contributed by atoms with Crippen LogP contribution >= 0.6 is 0 Å². The van der Waals surface area contributed by atoms with Crippen LogP contribution in [0.3, 0.4) is 0 Å². The van der Waals surface area contributed by atoms with Gasteiger partial charge in [0.1, 0.15) is 5.69 Å². The molecular weight excluding hydrogens is 232 g/mol. The van der Waals surface area contributed by atoms with Gasteiger partial charge in [-0.25, -0.2) is 0 Å². The number of methoxy groups -OCH3 is 1. The van der Waals surface area contributed by atoms with Crippen LogP contribution in [-0.4, -0.2) is 34.9 Å². The maximum atomic E-state index is 12.1. The summed E-state index contributed by atoms with van der Waals surface area (Å²) >= 11 is 0. The van der Waals surface area contributed by atoms with E-state index in [-0.39, 0.29) is 11.5 Å². The lowest BCUT2D eigenvalue weighted by Gasteiger charge is -2.40. The first-order valence-electron chi connectivity index (χ1n) is 6.11. The Morgan fingerprint density at radius 2 is 2.28 bits per heavy atom. The highest BCUT2D eigenvalue weighted by atomic mass is 16.5. The first kappa shape index (κ1) is 12.9. The van der Waals surface area contributed by atoms with Crippen LogP contribution in [0.25, 0.3) is 0 Å². The molecule has 1 fully saturated rings. The van der Waals surface area contributed by atoms with E-state index in [2.05, 4.69) is 10.4 Å². The molecule has 1 aromatic rings. The van der Waals surface area contributed by atoms with E-state index in [1.54, 1.807) is 21.1 Å². The molecule has 0 aliphatic heterocycles. The van der Waals surface area contributed by atoms with Gasteiger partial charge in [-0.1, -0.05) is 0 Å². The minimum Gasteiger partial charge on any atom is -0.395 e. The van der Waals surface area contributed by atoms with Crippen LogP contribution in [0.4, 0.5) is 5.69 Å². The summed E-state index contributed by atoms with van der Waals surface area (Å²) in [6, 6.07) is 0. The molecule has 1 amide bonds. The van der Waals surface area contributed by atoms with Crippen molar-refractivity contribution in [1.29, 1.82) is 0 Å². The minimum atomic E-state index is -0.195. The lowest BCUT2D eigenvalue weighted by atomic mass is 9.80. The fourth-order valence-electron chi connectivity index (χ4n) is 2.29. The van der Waals surface area contributed by atoms with E-state index in [9.17, 15) is 4.79 Å². The van der Waals surface area contributed by atoms with Crippen molar-refractivity contribution in [1.82, 2.24) is 15.1 Å². The molecule has 18 heavy (non-hydrogen) atoms. The highest BCUT2D eigenvalue weighted by Gasteiger charge is 2.37. The number of carbonyl (C=O) groups is 1. The molecule has 1 saturated carbocycles. The van der Waals surface area contributed by atoms with Crippen LogP contribution in [0.15, 0.2) is 0 Å². The van der Waals surface area contributed by atoms with E-state index in [0.717, 1.165) is 19.3 Å². The van der Waals surface area contributed by atoms with Crippen molar-refractivity contribution in [3.63, 3.8) is 0 Å². The smallest absolute Gasteiger partial charge is 0.271 e. The predicted molar refractivity (Wildman–Crippen MR) is 68.3 cm³/mol. The van der Waals surface area contributed by atoms with Crippen LogP contribution in [-0.2, 0) is 11.8 Å². The van der Waals surface area contributed by atoms with Gasteiger partial charge in [0, 0.05) is 20.7 Å². The molecule has 1 aliphatic carbocycles. The average Bonchev–Trinajstić information content (AvgIpc) is 2.52. The molecular formula is C12H20N4O2. The van der Waals surface area contributed by atoms with Crippen LogP contribution < -0.4 is 11.1 Å². The Labute approximate surface area is 106 Å². The van der Waals surface area contributed by atoms with Crippen molar-refractivity contribution < 1.29 is 9.53 Å². The van der Waals surface area contributed by atoms with Crippen molar-refractivity contribution >= 4 is 11.6 Å². The van der Waals surface area contributed by atoms with Crippen molar-refractivity contribution in [2.45, 2.75) is 31.8 Å². The van der Waals surface area contributed by atoms with E-state index in [1.807, 2.05) is 0 Å². The molecule has 2 rings (SSSR count). The Balaban J connectivity index is 2.04. The molecule has 0 spiro atoms. The quantitative estimate of drug-likeness (QED) is 0.822. The molecule has 100 valence electrons. The Morgan fingerprint density at radius 3 is 2.67 bits per heavy atom. The normalized spacial score (nSPS) is 17.3. The molecule has 6 heteroatoms. The highest BCUT2D eigenvalue weighted by molar-refractivity contribution is 5.97. The van der Waals surface area contributed by atoms with Gasteiger partial charge < -0.3 is 15.8 Å². The Kier molecular flexibility index (Phi) is 3.30. The van der Waals surface area contributed by atoms with E-state index >= 15 is 0 Å². The first-order chi connectivity index (χ1) is 8.49. The molecule has 1 heterocycles. The minimum absolute atomic E-state index is 0.182. The Bertz CT molecular complexity index is 457. The number of ether oxygens (including phenoxy) is 1. The fraction of sp³-hybridized carbons (Fsp3) is 0.667. The molecule has 3 N–H and O–H groups in total. The second kappa shape index (κ2) is 4.61. The van der Waals surface area contributed by atoms with Crippen LogP contribution in [0, 0.1) is 6.92 Å². The Morgan fingerprint density at radius 1 is 1.61 bits per heavy atom. The maximum absolute atomic E-state index is 12.1. The third-order valence-corrected chi connectivity index (χ3v) is 3.75. The summed E-state index contributed by atoms with van der Waals surface area (Å²) in [7, 11) is 3.40. The summed E-state index contributed by atoms with van der Waals surface area (Å²) in [4.78, 5) is 12.1. The van der Waals surface area contributed by atoms with E-state index in [0.29, 0.717) is 23.6 Å². The number of amides is 1. The number of hydrogen-bond donors (Lipinski definition) is 2. The number of hydrogen-bond acceptors (Lipinski definition) is 4. The lowest BCUT2D eigenvalue weighted by Crippen LogP contribution is -2.49. The number of nitrogens with two attached hydrogens (primary N) is 1. The third-order valence-electron chi connectivity index (χ3n) is 3.75. The second-order valence-electron chi connectivity index (χ2n) is 4.89.